The lowest BCUT2D eigenvalue weighted by Crippen LogP contribution is -2.35. The van der Waals surface area contributed by atoms with Gasteiger partial charge in [-0.05, 0) is 32.4 Å². The highest BCUT2D eigenvalue weighted by Gasteiger charge is 2.48. The maximum Gasteiger partial charge on any atom is 0.263 e. The van der Waals surface area contributed by atoms with E-state index in [0.717, 1.165) is 0 Å². The zero-order chi connectivity index (χ0) is 14.5. The Hall–Kier alpha value is -0.960. The predicted molar refractivity (Wildman–Crippen MR) is 75.8 cm³/mol. The van der Waals surface area contributed by atoms with Crippen LogP contribution in [0.4, 0.5) is 0 Å². The van der Waals surface area contributed by atoms with Crippen molar-refractivity contribution in [3.8, 4) is 0 Å². The van der Waals surface area contributed by atoms with Gasteiger partial charge < -0.3 is 9.63 Å². The van der Waals surface area contributed by atoms with Crippen LogP contribution >= 0.6 is 7.37 Å². The molecule has 0 saturated carbocycles. The van der Waals surface area contributed by atoms with Gasteiger partial charge in [0.05, 0.1) is 6.61 Å². The summed E-state index contributed by atoms with van der Waals surface area (Å²) in [4.78, 5) is 11.4. The number of hydrogen-bond acceptors (Lipinski definition) is 4. The van der Waals surface area contributed by atoms with Gasteiger partial charge in [0.15, 0.2) is 5.34 Å². The molecule has 2 atom stereocenters. The highest BCUT2D eigenvalue weighted by atomic mass is 31.2. The van der Waals surface area contributed by atoms with Crippen molar-refractivity contribution in [2.45, 2.75) is 39.0 Å². The summed E-state index contributed by atoms with van der Waals surface area (Å²) in [6.07, 6.45) is 0.0222. The summed E-state index contributed by atoms with van der Waals surface area (Å²) in [6, 6.07) is 8.61. The van der Waals surface area contributed by atoms with Crippen LogP contribution in [-0.4, -0.2) is 22.8 Å². The molecule has 106 valence electrons. The second-order valence-corrected chi connectivity index (χ2v) is 7.23. The van der Waals surface area contributed by atoms with Crippen LogP contribution in [0, 0.1) is 0 Å². The molecule has 0 radical (unpaired) electrons. The molecule has 0 aromatic heterocycles. The molecule has 0 unspecified atom stereocenters. The number of hydrogen-bond donors (Lipinski definition) is 1. The Morgan fingerprint density at radius 1 is 1.32 bits per heavy atom. The molecule has 0 aliphatic rings. The smallest absolute Gasteiger partial charge is 0.263 e. The molecular formula is C14H21O4P. The lowest BCUT2D eigenvalue weighted by molar-refractivity contribution is -0.119. The van der Waals surface area contributed by atoms with E-state index in [1.54, 1.807) is 44.2 Å². The first-order valence-corrected chi connectivity index (χ1v) is 8.04. The van der Waals surface area contributed by atoms with E-state index in [1.165, 1.54) is 6.92 Å². The third kappa shape index (κ3) is 3.33. The lowest BCUT2D eigenvalue weighted by atomic mass is 10.1. The molecule has 5 heteroatoms. The van der Waals surface area contributed by atoms with Crippen LogP contribution in [0.25, 0.3) is 0 Å². The summed E-state index contributed by atoms with van der Waals surface area (Å²) in [6.45, 7) is 5.02. The van der Waals surface area contributed by atoms with Gasteiger partial charge in [0.25, 0.3) is 7.37 Å². The van der Waals surface area contributed by atoms with Gasteiger partial charge in [-0.1, -0.05) is 25.1 Å². The molecule has 0 bridgehead atoms. The third-order valence-corrected chi connectivity index (χ3v) is 6.22. The highest BCUT2D eigenvalue weighted by molar-refractivity contribution is 7.68. The fourth-order valence-electron chi connectivity index (χ4n) is 2.08. The van der Waals surface area contributed by atoms with Crippen molar-refractivity contribution in [2.24, 2.45) is 0 Å². The van der Waals surface area contributed by atoms with E-state index in [-0.39, 0.29) is 25.2 Å². The Morgan fingerprint density at radius 3 is 2.32 bits per heavy atom. The predicted octanol–water partition coefficient (Wildman–Crippen LogP) is 2.70. The molecule has 0 aliphatic heterocycles. The van der Waals surface area contributed by atoms with Crippen molar-refractivity contribution in [2.75, 3.05) is 6.61 Å². The van der Waals surface area contributed by atoms with E-state index in [1.807, 2.05) is 0 Å². The largest absolute Gasteiger partial charge is 0.379 e. The normalized spacial score (nSPS) is 17.5. The van der Waals surface area contributed by atoms with Crippen molar-refractivity contribution < 1.29 is 19.0 Å². The Kier molecular flexibility index (Phi) is 5.48. The summed E-state index contributed by atoms with van der Waals surface area (Å²) in [5, 5.41) is 9.49. The third-order valence-electron chi connectivity index (χ3n) is 3.05. The van der Waals surface area contributed by atoms with E-state index in [9.17, 15) is 14.5 Å². The number of ketones is 1. The Labute approximate surface area is 114 Å². The number of Topliss-reactive ketones (excluding diaryl/α,β-unsaturated/α-hetero) is 1. The molecule has 1 aromatic carbocycles. The van der Waals surface area contributed by atoms with Crippen LogP contribution in [0.1, 0.15) is 33.6 Å². The van der Waals surface area contributed by atoms with Crippen molar-refractivity contribution in [1.82, 2.24) is 0 Å². The first-order valence-electron chi connectivity index (χ1n) is 6.41. The second kappa shape index (κ2) is 6.47. The standard InChI is InChI=1S/C14H21O4P/c1-4-14(16,11-12(3)15)19(17,18-5-2)13-9-7-6-8-10-13/h6-10,16H,4-5,11H2,1-3H3/t14-,19-/m0/s1. The van der Waals surface area contributed by atoms with Gasteiger partial charge in [0, 0.05) is 11.7 Å². The molecule has 0 aliphatic carbocycles. The van der Waals surface area contributed by atoms with Crippen LogP contribution in [0.15, 0.2) is 30.3 Å². The van der Waals surface area contributed by atoms with E-state index in [2.05, 4.69) is 0 Å². The van der Waals surface area contributed by atoms with Crippen LogP contribution < -0.4 is 5.30 Å². The van der Waals surface area contributed by atoms with Crippen LogP contribution in [0.3, 0.4) is 0 Å². The molecule has 0 spiro atoms. The Morgan fingerprint density at radius 2 is 1.89 bits per heavy atom. The van der Waals surface area contributed by atoms with E-state index in [4.69, 9.17) is 4.52 Å². The maximum absolute atomic E-state index is 13.2. The highest BCUT2D eigenvalue weighted by Crippen LogP contribution is 2.59. The molecule has 1 aromatic rings. The maximum atomic E-state index is 13.2. The Balaban J connectivity index is 3.32. The zero-order valence-electron chi connectivity index (χ0n) is 11.6. The van der Waals surface area contributed by atoms with E-state index >= 15 is 0 Å². The number of benzene rings is 1. The molecular weight excluding hydrogens is 263 g/mol. The van der Waals surface area contributed by atoms with Crippen LogP contribution in [-0.2, 0) is 13.9 Å². The van der Waals surface area contributed by atoms with Gasteiger partial charge in [-0.15, -0.1) is 0 Å². The van der Waals surface area contributed by atoms with Gasteiger partial charge in [-0.25, -0.2) is 0 Å². The molecule has 0 saturated heterocycles. The molecule has 1 N–H and O–H groups in total. The monoisotopic (exact) mass is 284 g/mol. The van der Waals surface area contributed by atoms with Crippen molar-refractivity contribution in [3.05, 3.63) is 30.3 Å². The fraction of sp³-hybridized carbons (Fsp3) is 0.500. The van der Waals surface area contributed by atoms with Crippen LogP contribution in [0.5, 0.6) is 0 Å². The minimum atomic E-state index is -3.51. The molecule has 1 rings (SSSR count). The summed E-state index contributed by atoms with van der Waals surface area (Å²) in [7, 11) is -3.51. The minimum Gasteiger partial charge on any atom is -0.379 e. The fourth-order valence-corrected chi connectivity index (χ4v) is 4.72. The van der Waals surface area contributed by atoms with E-state index in [0.29, 0.717) is 5.30 Å². The summed E-state index contributed by atoms with van der Waals surface area (Å²) < 4.78 is 18.6. The molecule has 0 fully saturated rings. The molecule has 19 heavy (non-hydrogen) atoms. The summed E-state index contributed by atoms with van der Waals surface area (Å²) >= 11 is 0. The van der Waals surface area contributed by atoms with Gasteiger partial charge in [0.1, 0.15) is 5.78 Å². The number of aliphatic hydroxyl groups is 1. The minimum absolute atomic E-state index is 0.171. The van der Waals surface area contributed by atoms with Gasteiger partial charge >= 0.3 is 0 Å². The molecule has 0 heterocycles. The number of carbonyl (C=O) groups is 1. The summed E-state index contributed by atoms with van der Waals surface area (Å²) in [5.74, 6) is -0.208. The number of carbonyl (C=O) groups excluding carboxylic acids is 1. The molecule has 4 nitrogen and oxygen atoms in total. The first-order chi connectivity index (χ1) is 8.89. The van der Waals surface area contributed by atoms with Gasteiger partial charge in [-0.2, -0.15) is 0 Å². The average molecular weight is 284 g/mol. The lowest BCUT2D eigenvalue weighted by Gasteiger charge is -2.34. The number of rotatable bonds is 7. The molecule has 0 amide bonds. The second-order valence-electron chi connectivity index (χ2n) is 4.52. The SMILES string of the molecule is CCO[P@@](=O)(c1ccccc1)[C@@](O)(CC)CC(C)=O. The topological polar surface area (TPSA) is 63.6 Å². The summed E-state index contributed by atoms with van der Waals surface area (Å²) in [5.41, 5.74) is 0. The van der Waals surface area contributed by atoms with Crippen molar-refractivity contribution >= 4 is 18.5 Å². The van der Waals surface area contributed by atoms with Crippen molar-refractivity contribution in [3.63, 3.8) is 0 Å². The van der Waals surface area contributed by atoms with E-state index < -0.39 is 12.7 Å². The zero-order valence-corrected chi connectivity index (χ0v) is 12.5. The first kappa shape index (κ1) is 16.1. The van der Waals surface area contributed by atoms with Crippen molar-refractivity contribution in [1.29, 1.82) is 0 Å². The van der Waals surface area contributed by atoms with Gasteiger partial charge in [-0.3, -0.25) is 9.36 Å². The van der Waals surface area contributed by atoms with Gasteiger partial charge in [0.2, 0.25) is 0 Å². The average Bonchev–Trinajstić information content (AvgIpc) is 2.39. The quantitative estimate of drug-likeness (QED) is 0.782. The Bertz CT molecular complexity index is 472. The van der Waals surface area contributed by atoms with Crippen LogP contribution in [0.2, 0.25) is 0 Å².